The smallest absolute Gasteiger partial charge is 0.163 e. The molecule has 0 spiro atoms. The third-order valence-electron chi connectivity index (χ3n) is 5.82. The summed E-state index contributed by atoms with van der Waals surface area (Å²) in [7, 11) is 0. The Morgan fingerprint density at radius 1 is 1.03 bits per heavy atom. The quantitative estimate of drug-likeness (QED) is 0.730. The van der Waals surface area contributed by atoms with E-state index in [4.69, 9.17) is 0 Å². The summed E-state index contributed by atoms with van der Waals surface area (Å²) in [6, 6.07) is 16.2. The van der Waals surface area contributed by atoms with Gasteiger partial charge >= 0.3 is 0 Å². The van der Waals surface area contributed by atoms with Crippen molar-refractivity contribution in [3.05, 3.63) is 82.9 Å². The van der Waals surface area contributed by atoms with Gasteiger partial charge in [0.05, 0.1) is 11.5 Å². The third kappa shape index (κ3) is 5.53. The first-order chi connectivity index (χ1) is 13.9. The Labute approximate surface area is 174 Å². The van der Waals surface area contributed by atoms with Crippen LogP contribution in [-0.4, -0.2) is 41.0 Å². The molecule has 2 atom stereocenters. The molecular weight excluding hydrogens is 358 g/mol. The second-order valence-corrected chi connectivity index (χ2v) is 8.08. The summed E-state index contributed by atoms with van der Waals surface area (Å²) in [6.45, 7) is 8.43. The second-order valence-electron chi connectivity index (χ2n) is 8.08. The molecule has 2 aromatic rings. The van der Waals surface area contributed by atoms with E-state index in [9.17, 15) is 9.90 Å². The lowest BCUT2D eigenvalue weighted by atomic mass is 9.77. The molecule has 0 aliphatic carbocycles. The zero-order valence-electron chi connectivity index (χ0n) is 17.6. The first-order valence-corrected chi connectivity index (χ1v) is 10.4. The molecule has 0 aromatic heterocycles. The normalized spacial score (nSPS) is 23.1. The van der Waals surface area contributed by atoms with Crippen LogP contribution in [0.1, 0.15) is 35.6 Å². The van der Waals surface area contributed by atoms with Crippen molar-refractivity contribution in [2.75, 3.05) is 19.6 Å². The number of allylic oxidation sites excluding steroid dienone is 1. The fourth-order valence-corrected chi connectivity index (χ4v) is 3.73. The number of benzene rings is 2. The number of carbonyl (C=O) groups excluding carboxylic acids is 1. The maximum atomic E-state index is 13.1. The van der Waals surface area contributed by atoms with Crippen molar-refractivity contribution in [3.8, 4) is 0 Å². The van der Waals surface area contributed by atoms with E-state index < -0.39 is 11.5 Å². The lowest BCUT2D eigenvalue weighted by Crippen LogP contribution is -2.53. The molecule has 3 heteroatoms. The Bertz CT molecular complexity index is 880. The van der Waals surface area contributed by atoms with Crippen LogP contribution in [0.4, 0.5) is 0 Å². The van der Waals surface area contributed by atoms with E-state index in [2.05, 4.69) is 30.9 Å². The predicted molar refractivity (Wildman–Crippen MR) is 121 cm³/mol. The Hall–Kier alpha value is -2.49. The highest BCUT2D eigenvalue weighted by molar-refractivity contribution is 5.96. The molecule has 1 N–H and O–H groups in total. The van der Waals surface area contributed by atoms with Crippen LogP contribution < -0.4 is 0 Å². The summed E-state index contributed by atoms with van der Waals surface area (Å²) in [4.78, 5) is 15.3. The number of ketones is 1. The Balaban J connectivity index is 1.81. The summed E-state index contributed by atoms with van der Waals surface area (Å²) >= 11 is 0. The summed E-state index contributed by atoms with van der Waals surface area (Å²) in [5.41, 5.74) is 3.28. The highest BCUT2D eigenvalue weighted by atomic mass is 16.3. The average Bonchev–Trinajstić information content (AvgIpc) is 2.73. The van der Waals surface area contributed by atoms with Crippen molar-refractivity contribution in [2.45, 2.75) is 32.8 Å². The number of hydrogen-bond donors (Lipinski definition) is 1. The van der Waals surface area contributed by atoms with Crippen molar-refractivity contribution in [3.63, 3.8) is 0 Å². The molecule has 1 saturated heterocycles. The highest BCUT2D eigenvalue weighted by Gasteiger charge is 2.42. The van der Waals surface area contributed by atoms with Gasteiger partial charge in [-0.25, -0.2) is 0 Å². The monoisotopic (exact) mass is 389 g/mol. The van der Waals surface area contributed by atoms with E-state index in [1.54, 1.807) is 6.08 Å². The molecule has 2 aromatic carbocycles. The zero-order valence-corrected chi connectivity index (χ0v) is 17.6. The number of nitrogens with zero attached hydrogens (tertiary/aromatic N) is 1. The minimum atomic E-state index is -1.13. The second kappa shape index (κ2) is 9.34. The molecule has 1 aliphatic heterocycles. The molecule has 0 radical (unpaired) electrons. The van der Waals surface area contributed by atoms with Gasteiger partial charge in [0.15, 0.2) is 5.78 Å². The van der Waals surface area contributed by atoms with Gasteiger partial charge < -0.3 is 10.0 Å². The summed E-state index contributed by atoms with van der Waals surface area (Å²) in [5.74, 6) is -0.501. The Morgan fingerprint density at radius 3 is 2.14 bits per heavy atom. The number of likely N-dealkylation sites (tertiary alicyclic amines) is 1. The molecule has 1 fully saturated rings. The number of piperidine rings is 1. The van der Waals surface area contributed by atoms with E-state index in [-0.39, 0.29) is 5.78 Å². The number of rotatable bonds is 6. The van der Waals surface area contributed by atoms with Crippen molar-refractivity contribution in [2.24, 2.45) is 5.92 Å². The van der Waals surface area contributed by atoms with Crippen molar-refractivity contribution in [1.29, 1.82) is 0 Å². The van der Waals surface area contributed by atoms with Crippen LogP contribution in [0.2, 0.25) is 0 Å². The minimum Gasteiger partial charge on any atom is -0.385 e. The minimum absolute atomic E-state index is 0.0280. The zero-order chi connectivity index (χ0) is 20.9. The maximum Gasteiger partial charge on any atom is 0.163 e. The predicted octanol–water partition coefficient (Wildman–Crippen LogP) is 4.67. The molecule has 0 saturated carbocycles. The van der Waals surface area contributed by atoms with Gasteiger partial charge in [0.25, 0.3) is 0 Å². The molecule has 3 rings (SSSR count). The topological polar surface area (TPSA) is 40.5 Å². The van der Waals surface area contributed by atoms with Gasteiger partial charge in [-0.05, 0) is 44.0 Å². The average molecular weight is 390 g/mol. The van der Waals surface area contributed by atoms with Crippen LogP contribution in [0, 0.1) is 19.8 Å². The third-order valence-corrected chi connectivity index (χ3v) is 5.82. The maximum absolute atomic E-state index is 13.1. The van der Waals surface area contributed by atoms with Gasteiger partial charge in [-0.2, -0.15) is 0 Å². The highest BCUT2D eigenvalue weighted by Crippen LogP contribution is 2.31. The Kier molecular flexibility index (Phi) is 6.83. The SMILES string of the molecule is CCN1CC[C@](O)(/C=C/c2ccc(C)cc2)[C@H](C(=O)/C=C/c2ccc(C)cc2)C1. The molecule has 0 amide bonds. The van der Waals surface area contributed by atoms with Gasteiger partial charge in [0.2, 0.25) is 0 Å². The molecule has 1 aliphatic rings. The molecule has 0 bridgehead atoms. The van der Waals surface area contributed by atoms with Gasteiger partial charge in [0.1, 0.15) is 0 Å². The van der Waals surface area contributed by atoms with Gasteiger partial charge in [0, 0.05) is 13.1 Å². The van der Waals surface area contributed by atoms with Gasteiger partial charge in [-0.1, -0.05) is 84.8 Å². The standard InChI is InChI=1S/C26H31NO2/c1-4-27-18-17-26(29,16-15-23-11-7-21(3)8-12-23)24(19-27)25(28)14-13-22-9-5-20(2)6-10-22/h5-16,24,29H,4,17-19H2,1-3H3/b14-13+,16-15+/t24-,26+/m0/s1. The summed E-state index contributed by atoms with van der Waals surface area (Å²) in [6.07, 6.45) is 7.78. The molecule has 152 valence electrons. The fourth-order valence-electron chi connectivity index (χ4n) is 3.73. The van der Waals surface area contributed by atoms with Crippen LogP contribution in [0.15, 0.2) is 60.7 Å². The lowest BCUT2D eigenvalue weighted by Gasteiger charge is -2.41. The van der Waals surface area contributed by atoms with Gasteiger partial charge in [-0.3, -0.25) is 4.79 Å². The van der Waals surface area contributed by atoms with Gasteiger partial charge in [-0.15, -0.1) is 0 Å². The van der Waals surface area contributed by atoms with Crippen LogP contribution in [0.5, 0.6) is 0 Å². The first kappa shape index (κ1) is 21.2. The molecule has 1 heterocycles. The number of carbonyl (C=O) groups is 1. The van der Waals surface area contributed by atoms with Crippen LogP contribution in [-0.2, 0) is 4.79 Å². The fraction of sp³-hybridized carbons (Fsp3) is 0.346. The summed E-state index contributed by atoms with van der Waals surface area (Å²) < 4.78 is 0. The Morgan fingerprint density at radius 2 is 1.59 bits per heavy atom. The largest absolute Gasteiger partial charge is 0.385 e. The molecular formula is C26H31NO2. The van der Waals surface area contributed by atoms with Crippen LogP contribution in [0.25, 0.3) is 12.2 Å². The first-order valence-electron chi connectivity index (χ1n) is 10.4. The van der Waals surface area contributed by atoms with E-state index in [1.165, 1.54) is 11.1 Å². The number of aliphatic hydroxyl groups is 1. The van der Waals surface area contributed by atoms with E-state index >= 15 is 0 Å². The van der Waals surface area contributed by atoms with E-state index in [1.807, 2.05) is 61.5 Å². The summed E-state index contributed by atoms with van der Waals surface area (Å²) in [5, 5.41) is 11.4. The van der Waals surface area contributed by atoms with E-state index in [0.717, 1.165) is 24.2 Å². The van der Waals surface area contributed by atoms with Crippen LogP contribution >= 0.6 is 0 Å². The lowest BCUT2D eigenvalue weighted by molar-refractivity contribution is -0.129. The molecule has 29 heavy (non-hydrogen) atoms. The van der Waals surface area contributed by atoms with Crippen LogP contribution in [0.3, 0.4) is 0 Å². The van der Waals surface area contributed by atoms with E-state index in [0.29, 0.717) is 13.0 Å². The number of hydrogen-bond acceptors (Lipinski definition) is 3. The molecule has 3 nitrogen and oxygen atoms in total. The van der Waals surface area contributed by atoms with Crippen molar-refractivity contribution in [1.82, 2.24) is 4.90 Å². The van der Waals surface area contributed by atoms with Crippen molar-refractivity contribution < 1.29 is 9.90 Å². The van der Waals surface area contributed by atoms with Crippen molar-refractivity contribution >= 4 is 17.9 Å². The molecule has 0 unspecified atom stereocenters. The number of aryl methyl sites for hydroxylation is 2.